The van der Waals surface area contributed by atoms with Crippen LogP contribution in [0, 0.1) is 0 Å². The van der Waals surface area contributed by atoms with E-state index in [1.165, 1.54) is 76.7 Å². The van der Waals surface area contributed by atoms with E-state index in [0.29, 0.717) is 0 Å². The van der Waals surface area contributed by atoms with Gasteiger partial charge >= 0.3 is 0 Å². The van der Waals surface area contributed by atoms with E-state index in [0.717, 1.165) is 18.9 Å². The van der Waals surface area contributed by atoms with Gasteiger partial charge in [-0.25, -0.2) is 0 Å². The van der Waals surface area contributed by atoms with Gasteiger partial charge in [-0.2, -0.15) is 0 Å². The molecule has 1 heterocycles. The van der Waals surface area contributed by atoms with E-state index >= 15 is 0 Å². The van der Waals surface area contributed by atoms with Crippen molar-refractivity contribution in [3.05, 3.63) is 29.8 Å². The van der Waals surface area contributed by atoms with Crippen molar-refractivity contribution in [2.45, 2.75) is 58.4 Å². The first-order chi connectivity index (χ1) is 11.8. The molecule has 3 heteroatoms. The van der Waals surface area contributed by atoms with Crippen LogP contribution in [-0.2, 0) is 6.54 Å². The summed E-state index contributed by atoms with van der Waals surface area (Å²) in [6, 6.07) is 8.67. The summed E-state index contributed by atoms with van der Waals surface area (Å²) in [4.78, 5) is 4.94. The van der Waals surface area contributed by atoms with Gasteiger partial charge in [0.25, 0.3) is 0 Å². The molecule has 1 aliphatic rings. The molecule has 0 saturated carbocycles. The number of piperazine rings is 1. The number of hydrogen-bond donors (Lipinski definition) is 0. The second-order valence-corrected chi connectivity index (χ2v) is 7.20. The molecule has 2 rings (SSSR count). The van der Waals surface area contributed by atoms with Gasteiger partial charge in [-0.1, -0.05) is 57.6 Å². The molecule has 1 saturated heterocycles. The molecule has 0 aromatic heterocycles. The Hall–Kier alpha value is -1.06. The zero-order valence-electron chi connectivity index (χ0n) is 15.8. The smallest absolute Gasteiger partial charge is 0.119 e. The molecule has 0 atom stereocenters. The summed E-state index contributed by atoms with van der Waals surface area (Å²) in [5.41, 5.74) is 1.37. The molecule has 0 unspecified atom stereocenters. The molecule has 0 spiro atoms. The van der Waals surface area contributed by atoms with E-state index < -0.39 is 0 Å². The summed E-state index contributed by atoms with van der Waals surface area (Å²) >= 11 is 0. The topological polar surface area (TPSA) is 15.7 Å². The predicted octanol–water partition coefficient (Wildman–Crippen LogP) is 4.56. The fourth-order valence-electron chi connectivity index (χ4n) is 3.25. The van der Waals surface area contributed by atoms with Crippen LogP contribution in [0.15, 0.2) is 24.3 Å². The zero-order chi connectivity index (χ0) is 17.0. The van der Waals surface area contributed by atoms with Crippen LogP contribution in [0.1, 0.15) is 57.4 Å². The molecular weight excluding hydrogens is 296 g/mol. The minimum atomic E-state index is 0.853. The number of hydrogen-bond acceptors (Lipinski definition) is 3. The highest BCUT2D eigenvalue weighted by molar-refractivity contribution is 5.28. The fraction of sp³-hybridized carbons (Fsp3) is 0.714. The van der Waals surface area contributed by atoms with Crippen LogP contribution in [0.2, 0.25) is 0 Å². The van der Waals surface area contributed by atoms with Gasteiger partial charge in [0.05, 0.1) is 6.61 Å². The lowest BCUT2D eigenvalue weighted by Crippen LogP contribution is -2.43. The normalized spacial score (nSPS) is 16.4. The highest BCUT2D eigenvalue weighted by Gasteiger charge is 2.13. The number of likely N-dealkylation sites (N-methyl/N-ethyl adjacent to an activating group) is 1. The molecule has 0 aliphatic carbocycles. The van der Waals surface area contributed by atoms with Gasteiger partial charge < -0.3 is 9.64 Å². The summed E-state index contributed by atoms with van der Waals surface area (Å²) in [5, 5.41) is 0. The number of rotatable bonds is 11. The molecule has 1 aromatic carbocycles. The Labute approximate surface area is 149 Å². The van der Waals surface area contributed by atoms with Crippen molar-refractivity contribution < 1.29 is 4.74 Å². The minimum Gasteiger partial charge on any atom is -0.494 e. The summed E-state index contributed by atoms with van der Waals surface area (Å²) in [6.07, 6.45) is 9.32. The van der Waals surface area contributed by atoms with Crippen molar-refractivity contribution in [1.29, 1.82) is 0 Å². The first kappa shape index (κ1) is 19.3. The van der Waals surface area contributed by atoms with Crippen molar-refractivity contribution >= 4 is 0 Å². The van der Waals surface area contributed by atoms with E-state index in [4.69, 9.17) is 4.74 Å². The Bertz CT molecular complexity index is 441. The summed E-state index contributed by atoms with van der Waals surface area (Å²) in [5.74, 6) is 1.03. The van der Waals surface area contributed by atoms with Crippen molar-refractivity contribution in [2.24, 2.45) is 0 Å². The number of nitrogens with zero attached hydrogens (tertiary/aromatic N) is 2. The lowest BCUT2D eigenvalue weighted by atomic mass is 10.1. The molecule has 3 nitrogen and oxygen atoms in total. The first-order valence-electron chi connectivity index (χ1n) is 9.90. The Morgan fingerprint density at radius 1 is 0.917 bits per heavy atom. The average Bonchev–Trinajstić information content (AvgIpc) is 2.60. The third-order valence-corrected chi connectivity index (χ3v) is 4.92. The summed E-state index contributed by atoms with van der Waals surface area (Å²) in [6.45, 7) is 8.85. The summed E-state index contributed by atoms with van der Waals surface area (Å²) < 4.78 is 5.95. The van der Waals surface area contributed by atoms with E-state index in [9.17, 15) is 0 Å². The molecule has 1 aliphatic heterocycles. The Kier molecular flexibility index (Phi) is 9.22. The lowest BCUT2D eigenvalue weighted by molar-refractivity contribution is 0.148. The lowest BCUT2D eigenvalue weighted by Gasteiger charge is -2.32. The van der Waals surface area contributed by atoms with Gasteiger partial charge in [-0.15, -0.1) is 0 Å². The van der Waals surface area contributed by atoms with Crippen molar-refractivity contribution in [3.63, 3.8) is 0 Å². The van der Waals surface area contributed by atoms with Crippen LogP contribution in [0.4, 0.5) is 0 Å². The van der Waals surface area contributed by atoms with Gasteiger partial charge in [0.15, 0.2) is 0 Å². The highest BCUT2D eigenvalue weighted by atomic mass is 16.5. The van der Waals surface area contributed by atoms with Gasteiger partial charge in [0.1, 0.15) is 5.75 Å². The minimum absolute atomic E-state index is 0.853. The zero-order valence-corrected chi connectivity index (χ0v) is 15.8. The molecule has 1 fully saturated rings. The molecule has 0 N–H and O–H groups in total. The number of unbranched alkanes of at least 4 members (excludes halogenated alkanes) is 6. The van der Waals surface area contributed by atoms with E-state index in [2.05, 4.69) is 48.0 Å². The van der Waals surface area contributed by atoms with E-state index in [1.54, 1.807) is 0 Å². The first-order valence-corrected chi connectivity index (χ1v) is 9.90. The Balaban J connectivity index is 1.62. The van der Waals surface area contributed by atoms with Gasteiger partial charge in [0.2, 0.25) is 0 Å². The maximum atomic E-state index is 5.95. The van der Waals surface area contributed by atoms with Crippen molar-refractivity contribution in [2.75, 3.05) is 39.8 Å². The van der Waals surface area contributed by atoms with Crippen LogP contribution in [-0.4, -0.2) is 49.6 Å². The quantitative estimate of drug-likeness (QED) is 0.552. The average molecular weight is 333 g/mol. The molecule has 1 aromatic rings. The maximum absolute atomic E-state index is 5.95. The van der Waals surface area contributed by atoms with Gasteiger partial charge in [0, 0.05) is 32.7 Å². The Morgan fingerprint density at radius 3 is 2.38 bits per heavy atom. The Morgan fingerprint density at radius 2 is 1.62 bits per heavy atom. The van der Waals surface area contributed by atoms with Crippen LogP contribution < -0.4 is 4.74 Å². The molecule has 0 radical (unpaired) electrons. The standard InChI is InChI=1S/C21H36N2O/c1-3-4-5-6-7-8-9-17-24-21-12-10-11-20(18-21)19-23-15-13-22(2)14-16-23/h10-12,18H,3-9,13-17,19H2,1-2H3. The monoisotopic (exact) mass is 332 g/mol. The molecule has 0 bridgehead atoms. The largest absolute Gasteiger partial charge is 0.494 e. The van der Waals surface area contributed by atoms with Crippen LogP contribution in [0.3, 0.4) is 0 Å². The predicted molar refractivity (Wildman–Crippen MR) is 103 cm³/mol. The van der Waals surface area contributed by atoms with Gasteiger partial charge in [-0.3, -0.25) is 4.90 Å². The van der Waals surface area contributed by atoms with Gasteiger partial charge in [-0.05, 0) is 31.2 Å². The highest BCUT2D eigenvalue weighted by Crippen LogP contribution is 2.16. The number of ether oxygens (including phenoxy) is 1. The van der Waals surface area contributed by atoms with Crippen LogP contribution in [0.25, 0.3) is 0 Å². The molecule has 136 valence electrons. The van der Waals surface area contributed by atoms with E-state index in [1.807, 2.05) is 0 Å². The molecule has 0 amide bonds. The third kappa shape index (κ3) is 7.67. The van der Waals surface area contributed by atoms with Crippen LogP contribution in [0.5, 0.6) is 5.75 Å². The van der Waals surface area contributed by atoms with E-state index in [-0.39, 0.29) is 0 Å². The molecule has 24 heavy (non-hydrogen) atoms. The second kappa shape index (κ2) is 11.5. The maximum Gasteiger partial charge on any atom is 0.119 e. The SMILES string of the molecule is CCCCCCCCCOc1cccc(CN2CCN(C)CC2)c1. The summed E-state index contributed by atoms with van der Waals surface area (Å²) in [7, 11) is 2.20. The second-order valence-electron chi connectivity index (χ2n) is 7.20. The van der Waals surface area contributed by atoms with Crippen LogP contribution >= 0.6 is 0 Å². The van der Waals surface area contributed by atoms with Crippen molar-refractivity contribution in [1.82, 2.24) is 9.80 Å². The number of benzene rings is 1. The third-order valence-electron chi connectivity index (χ3n) is 4.92. The molecular formula is C21H36N2O. The fourth-order valence-corrected chi connectivity index (χ4v) is 3.25. The van der Waals surface area contributed by atoms with Crippen molar-refractivity contribution in [3.8, 4) is 5.75 Å².